The van der Waals surface area contributed by atoms with E-state index in [1.165, 1.54) is 0 Å². The van der Waals surface area contributed by atoms with E-state index in [0.717, 1.165) is 27.9 Å². The fourth-order valence-corrected chi connectivity index (χ4v) is 3.89. The maximum Gasteiger partial charge on any atom is 0.255 e. The van der Waals surface area contributed by atoms with Gasteiger partial charge in [0.1, 0.15) is 6.04 Å². The highest BCUT2D eigenvalue weighted by Gasteiger charge is 2.39. The van der Waals surface area contributed by atoms with Gasteiger partial charge >= 0.3 is 0 Å². The Bertz CT molecular complexity index is 973. The summed E-state index contributed by atoms with van der Waals surface area (Å²) in [5.41, 5.74) is 5.20. The molecule has 6 nitrogen and oxygen atoms in total. The molecule has 1 saturated heterocycles. The first kappa shape index (κ1) is 17.7. The van der Waals surface area contributed by atoms with Gasteiger partial charge in [-0.1, -0.05) is 6.07 Å². The van der Waals surface area contributed by atoms with E-state index >= 15 is 0 Å². The summed E-state index contributed by atoms with van der Waals surface area (Å²) in [6.07, 6.45) is 2.40. The molecule has 3 amide bonds. The van der Waals surface area contributed by atoms with Crippen LogP contribution in [0.5, 0.6) is 0 Å². The van der Waals surface area contributed by atoms with Crippen molar-refractivity contribution in [3.63, 3.8) is 0 Å². The van der Waals surface area contributed by atoms with Crippen molar-refractivity contribution in [1.29, 1.82) is 0 Å². The van der Waals surface area contributed by atoms with E-state index in [-0.39, 0.29) is 18.2 Å². The normalized spacial score (nSPS) is 19.3. The zero-order valence-electron chi connectivity index (χ0n) is 14.8. The van der Waals surface area contributed by atoms with Crippen LogP contribution in [0.15, 0.2) is 30.5 Å². The molecule has 1 unspecified atom stereocenters. The molecule has 7 heteroatoms. The number of imide groups is 1. The average molecular weight is 384 g/mol. The monoisotopic (exact) mass is 383 g/mol. The van der Waals surface area contributed by atoms with Gasteiger partial charge in [0.25, 0.3) is 5.91 Å². The standard InChI is InChI=1S/C20H18ClN3O3/c1-11-9-22-16(7-13(11)8-21)12-2-3-15-14(6-12)10-24(20(15)27)17-4-5-18(25)23-19(17)26/h2-3,6-7,9,17H,4-5,8,10H2,1H3,(H,23,25,26). The van der Waals surface area contributed by atoms with E-state index in [1.807, 2.05) is 25.1 Å². The van der Waals surface area contributed by atoms with E-state index in [1.54, 1.807) is 17.2 Å². The molecule has 0 aliphatic carbocycles. The molecular formula is C20H18ClN3O3. The number of aromatic nitrogens is 1. The highest BCUT2D eigenvalue weighted by molar-refractivity contribution is 6.17. The third kappa shape index (κ3) is 3.10. The number of alkyl halides is 1. The number of aryl methyl sites for hydroxylation is 1. The number of halogens is 1. The van der Waals surface area contributed by atoms with Crippen LogP contribution in [-0.4, -0.2) is 33.6 Å². The number of amides is 3. The molecule has 1 aromatic heterocycles. The van der Waals surface area contributed by atoms with Crippen molar-refractivity contribution in [2.45, 2.75) is 38.2 Å². The van der Waals surface area contributed by atoms with E-state index in [0.29, 0.717) is 24.4 Å². The van der Waals surface area contributed by atoms with Crippen molar-refractivity contribution in [3.05, 3.63) is 52.7 Å². The predicted octanol–water partition coefficient (Wildman–Crippen LogP) is 2.56. The van der Waals surface area contributed by atoms with Crippen LogP contribution in [0.3, 0.4) is 0 Å². The first-order valence-corrected chi connectivity index (χ1v) is 9.31. The number of carbonyl (C=O) groups excluding carboxylic acids is 3. The quantitative estimate of drug-likeness (QED) is 0.652. The molecular weight excluding hydrogens is 366 g/mol. The second kappa shape index (κ2) is 6.78. The highest BCUT2D eigenvalue weighted by Crippen LogP contribution is 2.31. The smallest absolute Gasteiger partial charge is 0.255 e. The molecule has 0 spiro atoms. The lowest BCUT2D eigenvalue weighted by Gasteiger charge is -2.29. The zero-order valence-corrected chi connectivity index (χ0v) is 15.5. The molecule has 2 aliphatic rings. The minimum absolute atomic E-state index is 0.177. The Hall–Kier alpha value is -2.73. The molecule has 3 heterocycles. The van der Waals surface area contributed by atoms with Crippen LogP contribution in [0, 0.1) is 6.92 Å². The van der Waals surface area contributed by atoms with Gasteiger partial charge in [0.05, 0.1) is 5.69 Å². The first-order chi connectivity index (χ1) is 13.0. The second-order valence-electron chi connectivity index (χ2n) is 6.90. The molecule has 2 aromatic rings. The summed E-state index contributed by atoms with van der Waals surface area (Å²) in [5.74, 6) is -0.458. The predicted molar refractivity (Wildman–Crippen MR) is 100 cm³/mol. The fraction of sp³-hybridized carbons (Fsp3) is 0.300. The number of carbonyl (C=O) groups is 3. The molecule has 138 valence electrons. The third-order valence-electron chi connectivity index (χ3n) is 5.18. The SMILES string of the molecule is Cc1cnc(-c2ccc3c(c2)CN(C2CCC(=O)NC2=O)C3=O)cc1CCl. The lowest BCUT2D eigenvalue weighted by Crippen LogP contribution is -2.52. The van der Waals surface area contributed by atoms with Gasteiger partial charge in [-0.05, 0) is 48.2 Å². The number of rotatable bonds is 3. The summed E-state index contributed by atoms with van der Waals surface area (Å²) in [5, 5.41) is 2.31. The number of hydrogen-bond acceptors (Lipinski definition) is 4. The number of pyridine rings is 1. The summed E-state index contributed by atoms with van der Waals surface area (Å²) in [7, 11) is 0. The Balaban J connectivity index is 1.63. The molecule has 0 saturated carbocycles. The van der Waals surface area contributed by atoms with Crippen molar-refractivity contribution < 1.29 is 14.4 Å². The molecule has 1 atom stereocenters. The number of benzene rings is 1. The average Bonchev–Trinajstić information content (AvgIpc) is 2.98. The molecule has 1 aromatic carbocycles. The molecule has 2 aliphatic heterocycles. The van der Waals surface area contributed by atoms with Crippen LogP contribution in [0.25, 0.3) is 11.3 Å². The Morgan fingerprint density at radius 3 is 2.81 bits per heavy atom. The van der Waals surface area contributed by atoms with Crippen LogP contribution >= 0.6 is 11.6 Å². The second-order valence-corrected chi connectivity index (χ2v) is 7.17. The van der Waals surface area contributed by atoms with Gasteiger partial charge in [0.2, 0.25) is 11.8 Å². The lowest BCUT2D eigenvalue weighted by molar-refractivity contribution is -0.136. The van der Waals surface area contributed by atoms with Crippen LogP contribution in [0.2, 0.25) is 0 Å². The molecule has 27 heavy (non-hydrogen) atoms. The summed E-state index contributed by atoms with van der Waals surface area (Å²) in [6, 6.07) is 6.93. The molecule has 0 radical (unpaired) electrons. The van der Waals surface area contributed by atoms with Gasteiger partial charge in [0, 0.05) is 36.2 Å². The van der Waals surface area contributed by atoms with E-state index in [2.05, 4.69) is 10.3 Å². The van der Waals surface area contributed by atoms with Crippen LogP contribution in [0.4, 0.5) is 0 Å². The molecule has 1 fully saturated rings. The summed E-state index contributed by atoms with van der Waals surface area (Å²) in [4.78, 5) is 42.3. The van der Waals surface area contributed by atoms with E-state index < -0.39 is 11.9 Å². The Labute approximate surface area is 161 Å². The lowest BCUT2D eigenvalue weighted by atomic mass is 10.0. The Kier molecular flexibility index (Phi) is 4.44. The minimum Gasteiger partial charge on any atom is -0.322 e. The van der Waals surface area contributed by atoms with Gasteiger partial charge in [-0.2, -0.15) is 0 Å². The molecule has 0 bridgehead atoms. The Morgan fingerprint density at radius 2 is 2.07 bits per heavy atom. The van der Waals surface area contributed by atoms with Crippen LogP contribution in [0.1, 0.15) is 39.9 Å². The highest BCUT2D eigenvalue weighted by atomic mass is 35.5. The van der Waals surface area contributed by atoms with E-state index in [4.69, 9.17) is 11.6 Å². The maximum atomic E-state index is 12.7. The number of piperidine rings is 1. The van der Waals surface area contributed by atoms with Crippen molar-refractivity contribution in [3.8, 4) is 11.3 Å². The third-order valence-corrected chi connectivity index (χ3v) is 5.47. The van der Waals surface area contributed by atoms with Gasteiger partial charge in [-0.25, -0.2) is 0 Å². The van der Waals surface area contributed by atoms with Gasteiger partial charge < -0.3 is 4.90 Å². The molecule has 4 rings (SSSR count). The van der Waals surface area contributed by atoms with Gasteiger partial charge in [-0.3, -0.25) is 24.7 Å². The molecule has 1 N–H and O–H groups in total. The Morgan fingerprint density at radius 1 is 1.26 bits per heavy atom. The minimum atomic E-state index is -0.605. The van der Waals surface area contributed by atoms with Crippen molar-refractivity contribution in [1.82, 2.24) is 15.2 Å². The van der Waals surface area contributed by atoms with Crippen molar-refractivity contribution >= 4 is 29.3 Å². The van der Waals surface area contributed by atoms with Gasteiger partial charge in [0.15, 0.2) is 0 Å². The van der Waals surface area contributed by atoms with Crippen LogP contribution in [-0.2, 0) is 22.0 Å². The maximum absolute atomic E-state index is 12.7. The fourth-order valence-electron chi connectivity index (χ4n) is 3.60. The number of nitrogens with zero attached hydrogens (tertiary/aromatic N) is 2. The van der Waals surface area contributed by atoms with Crippen molar-refractivity contribution in [2.75, 3.05) is 0 Å². The largest absolute Gasteiger partial charge is 0.322 e. The van der Waals surface area contributed by atoms with Crippen molar-refractivity contribution in [2.24, 2.45) is 0 Å². The number of hydrogen-bond donors (Lipinski definition) is 1. The number of nitrogens with one attached hydrogen (secondary N) is 1. The zero-order chi connectivity index (χ0) is 19.1. The first-order valence-electron chi connectivity index (χ1n) is 8.77. The van der Waals surface area contributed by atoms with Gasteiger partial charge in [-0.15, -0.1) is 11.6 Å². The topological polar surface area (TPSA) is 79.4 Å². The van der Waals surface area contributed by atoms with Crippen LogP contribution < -0.4 is 5.32 Å². The summed E-state index contributed by atoms with van der Waals surface area (Å²) in [6.45, 7) is 2.32. The summed E-state index contributed by atoms with van der Waals surface area (Å²) < 4.78 is 0. The number of fused-ring (bicyclic) bond motifs is 1. The van der Waals surface area contributed by atoms with E-state index in [9.17, 15) is 14.4 Å². The summed E-state index contributed by atoms with van der Waals surface area (Å²) >= 11 is 5.99.